The zero-order valence-electron chi connectivity index (χ0n) is 11.9. The first-order valence-electron chi connectivity index (χ1n) is 6.80. The van der Waals surface area contributed by atoms with Crippen molar-refractivity contribution in [3.05, 3.63) is 18.1 Å². The number of hydrogen-bond acceptors (Lipinski definition) is 4. The summed E-state index contributed by atoms with van der Waals surface area (Å²) in [6, 6.07) is 0. The third kappa shape index (κ3) is 5.96. The van der Waals surface area contributed by atoms with E-state index >= 15 is 0 Å². The largest absolute Gasteiger partial charge is 0.474 e. The summed E-state index contributed by atoms with van der Waals surface area (Å²) in [7, 11) is 0. The van der Waals surface area contributed by atoms with E-state index in [1.165, 1.54) is 0 Å². The monoisotopic (exact) mass is 251 g/mol. The number of aromatic nitrogens is 2. The Kier molecular flexibility index (Phi) is 6.65. The highest BCUT2D eigenvalue weighted by molar-refractivity contribution is 5.07. The molecule has 1 rings (SSSR count). The SMILES string of the molecule is CCCC(C)Oc1cnc(CNCC(C)C)cn1. The normalized spacial score (nSPS) is 12.7. The number of nitrogens with zero attached hydrogens (tertiary/aromatic N) is 2. The molecule has 0 saturated carbocycles. The molecular formula is C14H25N3O. The predicted octanol–water partition coefficient (Wildman–Crippen LogP) is 2.79. The van der Waals surface area contributed by atoms with Crippen molar-refractivity contribution >= 4 is 0 Å². The van der Waals surface area contributed by atoms with Gasteiger partial charge in [0.1, 0.15) is 0 Å². The second-order valence-electron chi connectivity index (χ2n) is 5.09. The molecule has 0 radical (unpaired) electrons. The molecule has 0 aliphatic rings. The van der Waals surface area contributed by atoms with Gasteiger partial charge in [-0.15, -0.1) is 0 Å². The van der Waals surface area contributed by atoms with Crippen LogP contribution in [0.1, 0.15) is 46.2 Å². The minimum Gasteiger partial charge on any atom is -0.474 e. The van der Waals surface area contributed by atoms with Crippen molar-refractivity contribution in [2.45, 2.75) is 53.2 Å². The highest BCUT2D eigenvalue weighted by Gasteiger charge is 2.04. The van der Waals surface area contributed by atoms with E-state index < -0.39 is 0 Å². The van der Waals surface area contributed by atoms with E-state index in [4.69, 9.17) is 4.74 Å². The standard InChI is InChI=1S/C14H25N3O/c1-5-6-12(4)18-14-10-16-13(9-17-14)8-15-7-11(2)3/h9-12,15H,5-8H2,1-4H3. The second kappa shape index (κ2) is 8.03. The smallest absolute Gasteiger partial charge is 0.232 e. The Morgan fingerprint density at radius 2 is 2.00 bits per heavy atom. The number of nitrogens with one attached hydrogen (secondary N) is 1. The van der Waals surface area contributed by atoms with Crippen molar-refractivity contribution in [1.82, 2.24) is 15.3 Å². The summed E-state index contributed by atoms with van der Waals surface area (Å²) < 4.78 is 5.66. The Balaban J connectivity index is 2.37. The van der Waals surface area contributed by atoms with Gasteiger partial charge in [0, 0.05) is 6.54 Å². The summed E-state index contributed by atoms with van der Waals surface area (Å²) in [4.78, 5) is 8.61. The van der Waals surface area contributed by atoms with Gasteiger partial charge in [0.05, 0.1) is 24.2 Å². The van der Waals surface area contributed by atoms with Crippen LogP contribution in [0.5, 0.6) is 5.88 Å². The fraction of sp³-hybridized carbons (Fsp3) is 0.714. The topological polar surface area (TPSA) is 47.0 Å². The summed E-state index contributed by atoms with van der Waals surface area (Å²) in [5, 5.41) is 3.34. The van der Waals surface area contributed by atoms with Crippen LogP contribution in [-0.2, 0) is 6.54 Å². The van der Waals surface area contributed by atoms with Crippen molar-refractivity contribution in [1.29, 1.82) is 0 Å². The molecule has 1 N–H and O–H groups in total. The maximum atomic E-state index is 5.66. The Hall–Kier alpha value is -1.16. The van der Waals surface area contributed by atoms with Gasteiger partial charge in [-0.2, -0.15) is 0 Å². The van der Waals surface area contributed by atoms with Crippen LogP contribution in [0.2, 0.25) is 0 Å². The van der Waals surface area contributed by atoms with Gasteiger partial charge in [-0.25, -0.2) is 4.98 Å². The maximum Gasteiger partial charge on any atom is 0.232 e. The summed E-state index contributed by atoms with van der Waals surface area (Å²) in [6.45, 7) is 10.3. The van der Waals surface area contributed by atoms with E-state index in [1.54, 1.807) is 12.4 Å². The highest BCUT2D eigenvalue weighted by Crippen LogP contribution is 2.09. The van der Waals surface area contributed by atoms with Crippen LogP contribution in [0, 0.1) is 5.92 Å². The molecule has 18 heavy (non-hydrogen) atoms. The Morgan fingerprint density at radius 1 is 1.22 bits per heavy atom. The van der Waals surface area contributed by atoms with Crippen LogP contribution in [0.3, 0.4) is 0 Å². The van der Waals surface area contributed by atoms with Gasteiger partial charge < -0.3 is 10.1 Å². The lowest BCUT2D eigenvalue weighted by Gasteiger charge is -2.12. The molecule has 1 aromatic heterocycles. The molecule has 0 fully saturated rings. The van der Waals surface area contributed by atoms with E-state index in [2.05, 4.69) is 43.0 Å². The first kappa shape index (κ1) is 14.9. The van der Waals surface area contributed by atoms with Crippen molar-refractivity contribution in [3.63, 3.8) is 0 Å². The number of rotatable bonds is 8. The Morgan fingerprint density at radius 3 is 2.56 bits per heavy atom. The highest BCUT2D eigenvalue weighted by atomic mass is 16.5. The van der Waals surface area contributed by atoms with E-state index in [0.29, 0.717) is 11.8 Å². The molecule has 0 amide bonds. The summed E-state index contributed by atoms with van der Waals surface area (Å²) in [5.41, 5.74) is 0.950. The molecule has 1 aromatic rings. The molecule has 0 bridgehead atoms. The van der Waals surface area contributed by atoms with E-state index in [1.807, 2.05) is 0 Å². The zero-order chi connectivity index (χ0) is 13.4. The lowest BCUT2D eigenvalue weighted by atomic mass is 10.2. The van der Waals surface area contributed by atoms with Gasteiger partial charge in [0.25, 0.3) is 0 Å². The molecule has 102 valence electrons. The van der Waals surface area contributed by atoms with Crippen molar-refractivity contribution < 1.29 is 4.74 Å². The third-order valence-electron chi connectivity index (χ3n) is 2.56. The quantitative estimate of drug-likeness (QED) is 0.771. The summed E-state index contributed by atoms with van der Waals surface area (Å²) in [5.74, 6) is 1.26. The lowest BCUT2D eigenvalue weighted by Crippen LogP contribution is -2.20. The van der Waals surface area contributed by atoms with Gasteiger partial charge >= 0.3 is 0 Å². The van der Waals surface area contributed by atoms with Crippen LogP contribution in [0.15, 0.2) is 12.4 Å². The van der Waals surface area contributed by atoms with Crippen molar-refractivity contribution in [2.24, 2.45) is 5.92 Å². The third-order valence-corrected chi connectivity index (χ3v) is 2.56. The lowest BCUT2D eigenvalue weighted by molar-refractivity contribution is 0.200. The zero-order valence-corrected chi connectivity index (χ0v) is 11.9. The minimum absolute atomic E-state index is 0.203. The molecule has 1 unspecified atom stereocenters. The average Bonchev–Trinajstić information content (AvgIpc) is 2.31. The molecule has 0 aliphatic heterocycles. The van der Waals surface area contributed by atoms with Crippen LogP contribution in [-0.4, -0.2) is 22.6 Å². The Bertz CT molecular complexity index is 324. The Labute approximate surface area is 110 Å². The molecule has 0 aromatic carbocycles. The first-order valence-corrected chi connectivity index (χ1v) is 6.80. The van der Waals surface area contributed by atoms with Crippen molar-refractivity contribution in [3.8, 4) is 5.88 Å². The van der Waals surface area contributed by atoms with Gasteiger partial charge in [0.2, 0.25) is 5.88 Å². The van der Waals surface area contributed by atoms with Gasteiger partial charge in [-0.3, -0.25) is 4.98 Å². The van der Waals surface area contributed by atoms with Crippen molar-refractivity contribution in [2.75, 3.05) is 6.54 Å². The van der Waals surface area contributed by atoms with Crippen LogP contribution >= 0.6 is 0 Å². The molecule has 1 atom stereocenters. The predicted molar refractivity (Wildman–Crippen MR) is 73.6 cm³/mol. The molecule has 0 saturated heterocycles. The van der Waals surface area contributed by atoms with E-state index in [-0.39, 0.29) is 6.10 Å². The van der Waals surface area contributed by atoms with Crippen LogP contribution in [0.25, 0.3) is 0 Å². The van der Waals surface area contributed by atoms with Crippen LogP contribution in [0.4, 0.5) is 0 Å². The maximum absolute atomic E-state index is 5.66. The molecular weight excluding hydrogens is 226 g/mol. The summed E-state index contributed by atoms with van der Waals surface area (Å²) >= 11 is 0. The molecule has 4 heteroatoms. The first-order chi connectivity index (χ1) is 8.61. The fourth-order valence-electron chi connectivity index (χ4n) is 1.66. The molecule has 1 heterocycles. The van der Waals surface area contributed by atoms with E-state index in [0.717, 1.165) is 31.6 Å². The molecule has 4 nitrogen and oxygen atoms in total. The van der Waals surface area contributed by atoms with Gasteiger partial charge in [-0.1, -0.05) is 27.2 Å². The number of ether oxygens (including phenoxy) is 1. The minimum atomic E-state index is 0.203. The molecule has 0 aliphatic carbocycles. The van der Waals surface area contributed by atoms with Crippen LogP contribution < -0.4 is 10.1 Å². The average molecular weight is 251 g/mol. The van der Waals surface area contributed by atoms with Gasteiger partial charge in [0.15, 0.2) is 0 Å². The summed E-state index contributed by atoms with van der Waals surface area (Å²) in [6.07, 6.45) is 5.85. The second-order valence-corrected chi connectivity index (χ2v) is 5.09. The fourth-order valence-corrected chi connectivity index (χ4v) is 1.66. The number of hydrogen-bond donors (Lipinski definition) is 1. The molecule has 0 spiro atoms. The van der Waals surface area contributed by atoms with E-state index in [9.17, 15) is 0 Å². The van der Waals surface area contributed by atoms with Gasteiger partial charge in [-0.05, 0) is 25.8 Å².